The van der Waals surface area contributed by atoms with Gasteiger partial charge in [0, 0.05) is 11.6 Å². The molecule has 2 rings (SSSR count). The molecule has 0 aliphatic carbocycles. The van der Waals surface area contributed by atoms with Gasteiger partial charge in [-0.25, -0.2) is 0 Å². The van der Waals surface area contributed by atoms with Gasteiger partial charge in [-0.3, -0.25) is 0 Å². The fourth-order valence-corrected chi connectivity index (χ4v) is 1.49. The molecule has 0 spiro atoms. The largest absolute Gasteiger partial charge is 0.586 e. The third kappa shape index (κ3) is 1.74. The average molecular weight is 215 g/mol. The van der Waals surface area contributed by atoms with Gasteiger partial charge in [0.1, 0.15) is 0 Å². The lowest BCUT2D eigenvalue weighted by Gasteiger charge is -2.12. The third-order valence-electron chi connectivity index (χ3n) is 2.36. The van der Waals surface area contributed by atoms with Gasteiger partial charge < -0.3 is 14.8 Å². The van der Waals surface area contributed by atoms with Crippen molar-refractivity contribution in [3.63, 3.8) is 0 Å². The van der Waals surface area contributed by atoms with E-state index >= 15 is 0 Å². The Hall–Kier alpha value is -1.36. The topological polar surface area (TPSA) is 30.5 Å². The highest BCUT2D eigenvalue weighted by atomic mass is 19.3. The van der Waals surface area contributed by atoms with Crippen LogP contribution in [0.4, 0.5) is 8.78 Å². The Kier molecular flexibility index (Phi) is 2.26. The Labute approximate surface area is 86.0 Å². The molecule has 1 aliphatic heterocycles. The standard InChI is InChI=1S/C10H11F2NO2/c1-6(13-2)7-4-3-5-8-9(7)15-10(11,12)14-8/h3-6,13H,1-2H3/t6-/m0/s1. The Morgan fingerprint density at radius 1 is 1.33 bits per heavy atom. The molecule has 5 heteroatoms. The van der Waals surface area contributed by atoms with Gasteiger partial charge in [-0.1, -0.05) is 12.1 Å². The first-order chi connectivity index (χ1) is 7.03. The number of nitrogens with one attached hydrogen (secondary N) is 1. The molecule has 0 saturated heterocycles. The number of benzene rings is 1. The predicted molar refractivity (Wildman–Crippen MR) is 50.1 cm³/mol. The lowest BCUT2D eigenvalue weighted by Crippen LogP contribution is -2.26. The minimum absolute atomic E-state index is 0.0718. The van der Waals surface area contributed by atoms with Crippen LogP contribution in [0.1, 0.15) is 18.5 Å². The average Bonchev–Trinajstić information content (AvgIpc) is 2.49. The molecule has 3 nitrogen and oxygen atoms in total. The van der Waals surface area contributed by atoms with Crippen molar-refractivity contribution in [2.24, 2.45) is 0 Å². The molecule has 1 aliphatic rings. The van der Waals surface area contributed by atoms with Crippen LogP contribution in [0.3, 0.4) is 0 Å². The number of halogens is 2. The molecule has 15 heavy (non-hydrogen) atoms. The zero-order valence-corrected chi connectivity index (χ0v) is 8.38. The van der Waals surface area contributed by atoms with E-state index in [1.54, 1.807) is 19.2 Å². The Bertz CT molecular complexity index is 382. The summed E-state index contributed by atoms with van der Waals surface area (Å²) in [5.74, 6) is 0.198. The van der Waals surface area contributed by atoms with Crippen LogP contribution >= 0.6 is 0 Å². The van der Waals surface area contributed by atoms with Crippen molar-refractivity contribution in [1.82, 2.24) is 5.32 Å². The number of para-hydroxylation sites is 1. The van der Waals surface area contributed by atoms with Gasteiger partial charge >= 0.3 is 6.29 Å². The fraction of sp³-hybridized carbons (Fsp3) is 0.400. The summed E-state index contributed by atoms with van der Waals surface area (Å²) in [5, 5.41) is 2.96. The second-order valence-electron chi connectivity index (χ2n) is 3.35. The van der Waals surface area contributed by atoms with Crippen molar-refractivity contribution in [1.29, 1.82) is 0 Å². The van der Waals surface area contributed by atoms with Gasteiger partial charge in [0.05, 0.1) is 0 Å². The highest BCUT2D eigenvalue weighted by Crippen LogP contribution is 2.44. The van der Waals surface area contributed by atoms with Crippen LogP contribution in [-0.4, -0.2) is 13.3 Å². The van der Waals surface area contributed by atoms with E-state index in [-0.39, 0.29) is 17.5 Å². The number of hydrogen-bond donors (Lipinski definition) is 1. The Morgan fingerprint density at radius 3 is 2.73 bits per heavy atom. The lowest BCUT2D eigenvalue weighted by molar-refractivity contribution is -0.287. The fourth-order valence-electron chi connectivity index (χ4n) is 1.49. The molecule has 1 aromatic rings. The maximum atomic E-state index is 12.8. The van der Waals surface area contributed by atoms with Crippen LogP contribution in [0.5, 0.6) is 11.5 Å². The van der Waals surface area contributed by atoms with Crippen molar-refractivity contribution in [2.45, 2.75) is 19.3 Å². The second kappa shape index (κ2) is 3.34. The zero-order chi connectivity index (χ0) is 11.1. The maximum absolute atomic E-state index is 12.8. The molecule has 0 fully saturated rings. The highest BCUT2D eigenvalue weighted by molar-refractivity contribution is 5.49. The van der Waals surface area contributed by atoms with Gasteiger partial charge in [-0.05, 0) is 20.0 Å². The number of alkyl halides is 2. The van der Waals surface area contributed by atoms with E-state index in [0.29, 0.717) is 5.56 Å². The first-order valence-corrected chi connectivity index (χ1v) is 4.59. The van der Waals surface area contributed by atoms with Gasteiger partial charge in [-0.2, -0.15) is 0 Å². The zero-order valence-electron chi connectivity index (χ0n) is 8.38. The minimum atomic E-state index is -3.55. The van der Waals surface area contributed by atoms with Crippen LogP contribution < -0.4 is 14.8 Å². The van der Waals surface area contributed by atoms with Crippen molar-refractivity contribution in [3.05, 3.63) is 23.8 Å². The first kappa shape index (κ1) is 10.2. The van der Waals surface area contributed by atoms with Crippen LogP contribution in [0.25, 0.3) is 0 Å². The number of hydrogen-bond acceptors (Lipinski definition) is 3. The summed E-state index contributed by atoms with van der Waals surface area (Å²) in [6.45, 7) is 1.86. The third-order valence-corrected chi connectivity index (χ3v) is 2.36. The number of ether oxygens (including phenoxy) is 2. The Balaban J connectivity index is 2.41. The quantitative estimate of drug-likeness (QED) is 0.821. The van der Waals surface area contributed by atoms with Gasteiger partial charge in [0.2, 0.25) is 0 Å². The van der Waals surface area contributed by atoms with Crippen molar-refractivity contribution in [3.8, 4) is 11.5 Å². The summed E-state index contributed by atoms with van der Waals surface area (Å²) in [5.41, 5.74) is 0.659. The van der Waals surface area contributed by atoms with E-state index in [2.05, 4.69) is 14.8 Å². The van der Waals surface area contributed by atoms with E-state index in [1.807, 2.05) is 6.92 Å². The van der Waals surface area contributed by atoms with Gasteiger partial charge in [-0.15, -0.1) is 8.78 Å². The first-order valence-electron chi connectivity index (χ1n) is 4.59. The molecular formula is C10H11F2NO2. The molecule has 0 saturated carbocycles. The predicted octanol–water partition coefficient (Wildman–Crippen LogP) is 2.29. The van der Waals surface area contributed by atoms with Crippen LogP contribution in [0.15, 0.2) is 18.2 Å². The summed E-state index contributed by atoms with van der Waals surface area (Å²) in [7, 11) is 1.75. The minimum Gasteiger partial charge on any atom is -0.395 e. The van der Waals surface area contributed by atoms with Crippen LogP contribution in [0, 0.1) is 0 Å². The Morgan fingerprint density at radius 2 is 2.07 bits per heavy atom. The molecule has 82 valence electrons. The van der Waals surface area contributed by atoms with Crippen LogP contribution in [-0.2, 0) is 0 Å². The van der Waals surface area contributed by atoms with Crippen molar-refractivity contribution < 1.29 is 18.3 Å². The van der Waals surface area contributed by atoms with Gasteiger partial charge in [0.15, 0.2) is 11.5 Å². The molecule has 0 amide bonds. The highest BCUT2D eigenvalue weighted by Gasteiger charge is 2.44. The summed E-state index contributed by atoms with van der Waals surface area (Å²) in [6, 6.07) is 4.78. The lowest BCUT2D eigenvalue weighted by atomic mass is 10.1. The van der Waals surface area contributed by atoms with Gasteiger partial charge in [0.25, 0.3) is 0 Å². The monoisotopic (exact) mass is 215 g/mol. The number of rotatable bonds is 2. The summed E-state index contributed by atoms with van der Waals surface area (Å²) in [6.07, 6.45) is -3.55. The maximum Gasteiger partial charge on any atom is 0.586 e. The summed E-state index contributed by atoms with van der Waals surface area (Å²) >= 11 is 0. The molecule has 1 atom stereocenters. The molecular weight excluding hydrogens is 204 g/mol. The van der Waals surface area contributed by atoms with E-state index < -0.39 is 6.29 Å². The SMILES string of the molecule is CN[C@@H](C)c1cccc2c1OC(F)(F)O2. The molecule has 0 radical (unpaired) electrons. The molecule has 0 bridgehead atoms. The second-order valence-corrected chi connectivity index (χ2v) is 3.35. The molecule has 1 aromatic carbocycles. The van der Waals surface area contributed by atoms with Crippen molar-refractivity contribution >= 4 is 0 Å². The summed E-state index contributed by atoms with van der Waals surface area (Å²) in [4.78, 5) is 0. The van der Waals surface area contributed by atoms with E-state index in [9.17, 15) is 8.78 Å². The van der Waals surface area contributed by atoms with E-state index in [0.717, 1.165) is 0 Å². The molecule has 0 unspecified atom stereocenters. The molecule has 1 N–H and O–H groups in total. The van der Waals surface area contributed by atoms with E-state index in [1.165, 1.54) is 6.07 Å². The van der Waals surface area contributed by atoms with E-state index in [4.69, 9.17) is 0 Å². The van der Waals surface area contributed by atoms with Crippen molar-refractivity contribution in [2.75, 3.05) is 7.05 Å². The normalized spacial score (nSPS) is 18.9. The summed E-state index contributed by atoms with van der Waals surface area (Å²) < 4.78 is 34.4. The number of fused-ring (bicyclic) bond motifs is 1. The molecule has 0 aromatic heterocycles. The smallest absolute Gasteiger partial charge is 0.395 e. The van der Waals surface area contributed by atoms with Crippen LogP contribution in [0.2, 0.25) is 0 Å². The molecule has 1 heterocycles.